The van der Waals surface area contributed by atoms with Gasteiger partial charge in [0.15, 0.2) is 6.10 Å². The van der Waals surface area contributed by atoms with Crippen LogP contribution in [-0.4, -0.2) is 29.8 Å². The maximum atomic E-state index is 10.8. The van der Waals surface area contributed by atoms with E-state index in [-0.39, 0.29) is 12.1 Å². The Morgan fingerprint density at radius 1 is 1.53 bits per heavy atom. The number of nitrogens with one attached hydrogen (secondary N) is 1. The van der Waals surface area contributed by atoms with Crippen LogP contribution < -0.4 is 5.32 Å². The number of ether oxygens (including phenoxy) is 1. The summed E-state index contributed by atoms with van der Waals surface area (Å²) >= 11 is 0. The van der Waals surface area contributed by atoms with Crippen LogP contribution in [0.4, 0.5) is 0 Å². The van der Waals surface area contributed by atoms with Gasteiger partial charge in [-0.3, -0.25) is 0 Å². The van der Waals surface area contributed by atoms with Gasteiger partial charge >= 0.3 is 5.97 Å². The van der Waals surface area contributed by atoms with Gasteiger partial charge in [0.05, 0.1) is 6.10 Å². The Morgan fingerprint density at radius 2 is 2.26 bits per heavy atom. The van der Waals surface area contributed by atoms with Crippen LogP contribution >= 0.6 is 0 Å². The molecule has 3 unspecified atom stereocenters. The first-order valence-corrected chi connectivity index (χ1v) is 6.66. The zero-order valence-electron chi connectivity index (χ0n) is 11.6. The van der Waals surface area contributed by atoms with E-state index in [1.807, 2.05) is 19.9 Å². The molecule has 1 aromatic rings. The summed E-state index contributed by atoms with van der Waals surface area (Å²) in [5.41, 5.74) is 1.14. The summed E-state index contributed by atoms with van der Waals surface area (Å²) in [5, 5.41) is 12.2. The number of hydrogen-bond donors (Lipinski definition) is 2. The minimum atomic E-state index is -0.864. The third kappa shape index (κ3) is 3.36. The molecule has 1 fully saturated rings. The van der Waals surface area contributed by atoms with Crippen molar-refractivity contribution in [2.24, 2.45) is 0 Å². The minimum absolute atomic E-state index is 0.0168. The Balaban J connectivity index is 1.83. The van der Waals surface area contributed by atoms with Crippen molar-refractivity contribution in [2.45, 2.75) is 51.9 Å². The van der Waals surface area contributed by atoms with E-state index in [9.17, 15) is 4.79 Å². The highest BCUT2D eigenvalue weighted by atomic mass is 16.5. The number of aliphatic carboxylic acids is 1. The largest absolute Gasteiger partial charge is 0.479 e. The molecule has 1 aliphatic rings. The molecule has 3 atom stereocenters. The second-order valence-corrected chi connectivity index (χ2v) is 5.16. The van der Waals surface area contributed by atoms with Crippen molar-refractivity contribution in [1.82, 2.24) is 5.32 Å². The molecule has 1 saturated heterocycles. The van der Waals surface area contributed by atoms with Gasteiger partial charge in [-0.25, -0.2) is 4.79 Å². The fourth-order valence-corrected chi connectivity index (χ4v) is 2.54. The molecule has 0 bridgehead atoms. The molecule has 2 rings (SSSR count). The lowest BCUT2D eigenvalue weighted by Gasteiger charge is -2.17. The first-order valence-electron chi connectivity index (χ1n) is 6.66. The van der Waals surface area contributed by atoms with Crippen LogP contribution in [-0.2, 0) is 9.53 Å². The fourth-order valence-electron chi connectivity index (χ4n) is 2.54. The lowest BCUT2D eigenvalue weighted by molar-refractivity contribution is -0.149. The van der Waals surface area contributed by atoms with E-state index in [1.54, 1.807) is 0 Å². The molecular formula is C14H21NO4. The van der Waals surface area contributed by atoms with Crippen LogP contribution in [0.2, 0.25) is 0 Å². The molecule has 0 saturated carbocycles. The molecule has 5 heteroatoms. The van der Waals surface area contributed by atoms with E-state index in [4.69, 9.17) is 14.3 Å². The normalized spacial score (nSPS) is 24.6. The third-order valence-corrected chi connectivity index (χ3v) is 3.58. The molecule has 5 nitrogen and oxygen atoms in total. The molecule has 0 aliphatic carbocycles. The number of hydrogen-bond acceptors (Lipinski definition) is 4. The van der Waals surface area contributed by atoms with Crippen LogP contribution in [0.25, 0.3) is 0 Å². The van der Waals surface area contributed by atoms with Crippen molar-refractivity contribution in [3.05, 3.63) is 23.2 Å². The smallest absolute Gasteiger partial charge is 0.332 e. The van der Waals surface area contributed by atoms with Gasteiger partial charge in [0.1, 0.15) is 11.5 Å². The summed E-state index contributed by atoms with van der Waals surface area (Å²) in [7, 11) is 0. The second-order valence-electron chi connectivity index (χ2n) is 5.16. The van der Waals surface area contributed by atoms with Gasteiger partial charge in [-0.15, -0.1) is 0 Å². The Kier molecular flexibility index (Phi) is 4.27. The van der Waals surface area contributed by atoms with Gasteiger partial charge in [-0.2, -0.15) is 0 Å². The Bertz CT molecular complexity index is 454. The number of furan rings is 1. The predicted octanol–water partition coefficient (Wildman–Crippen LogP) is 2.18. The van der Waals surface area contributed by atoms with Crippen molar-refractivity contribution in [3.63, 3.8) is 0 Å². The summed E-state index contributed by atoms with van der Waals surface area (Å²) in [4.78, 5) is 10.8. The molecule has 106 valence electrons. The number of carbonyl (C=O) groups is 1. The van der Waals surface area contributed by atoms with E-state index in [2.05, 4.69) is 12.2 Å². The summed E-state index contributed by atoms with van der Waals surface area (Å²) in [5.74, 6) is 0.967. The third-order valence-electron chi connectivity index (χ3n) is 3.58. The number of rotatable bonds is 5. The molecule has 0 spiro atoms. The number of carboxylic acids is 1. The molecule has 19 heavy (non-hydrogen) atoms. The quantitative estimate of drug-likeness (QED) is 0.855. The standard InChI is InChI=1S/C14H21NO4/c1-8-6-12(10(3)18-8)9(2)15-7-11-4-5-13(19-11)14(16)17/h6,9,11,13,15H,4-5,7H2,1-3H3,(H,16,17). The van der Waals surface area contributed by atoms with Crippen LogP contribution in [0.3, 0.4) is 0 Å². The van der Waals surface area contributed by atoms with Gasteiger partial charge in [-0.05, 0) is 39.7 Å². The zero-order valence-corrected chi connectivity index (χ0v) is 11.6. The van der Waals surface area contributed by atoms with Gasteiger partial charge in [0.2, 0.25) is 0 Å². The monoisotopic (exact) mass is 267 g/mol. The minimum Gasteiger partial charge on any atom is -0.479 e. The van der Waals surface area contributed by atoms with Gasteiger partial charge in [0.25, 0.3) is 0 Å². The van der Waals surface area contributed by atoms with Crippen molar-refractivity contribution >= 4 is 5.97 Å². The van der Waals surface area contributed by atoms with E-state index < -0.39 is 12.1 Å². The topological polar surface area (TPSA) is 71.7 Å². The highest BCUT2D eigenvalue weighted by Crippen LogP contribution is 2.23. The first-order chi connectivity index (χ1) is 8.97. The molecule has 1 aliphatic heterocycles. The molecule has 0 aromatic carbocycles. The van der Waals surface area contributed by atoms with Crippen LogP contribution in [0, 0.1) is 13.8 Å². The number of carboxylic acid groups (broad SMARTS) is 1. The van der Waals surface area contributed by atoms with Gasteiger partial charge < -0.3 is 19.6 Å². The summed E-state index contributed by atoms with van der Waals surface area (Å²) < 4.78 is 11.0. The van der Waals surface area contributed by atoms with Crippen molar-refractivity contribution in [2.75, 3.05) is 6.54 Å². The van der Waals surface area contributed by atoms with Gasteiger partial charge in [-0.1, -0.05) is 0 Å². The van der Waals surface area contributed by atoms with Crippen molar-refractivity contribution < 1.29 is 19.1 Å². The van der Waals surface area contributed by atoms with Gasteiger partial charge in [0, 0.05) is 18.2 Å². The maximum absolute atomic E-state index is 10.8. The molecule has 1 aromatic heterocycles. The van der Waals surface area contributed by atoms with E-state index >= 15 is 0 Å². The molecule has 2 heterocycles. The molecule has 0 radical (unpaired) electrons. The summed E-state index contributed by atoms with van der Waals surface area (Å²) in [6, 6.07) is 2.20. The Labute approximate surface area is 112 Å². The predicted molar refractivity (Wildman–Crippen MR) is 70.1 cm³/mol. The average molecular weight is 267 g/mol. The Morgan fingerprint density at radius 3 is 2.79 bits per heavy atom. The summed E-state index contributed by atoms with van der Waals surface area (Å²) in [6.45, 7) is 6.61. The van der Waals surface area contributed by atoms with E-state index in [0.717, 1.165) is 23.5 Å². The van der Waals surface area contributed by atoms with E-state index in [0.29, 0.717) is 13.0 Å². The van der Waals surface area contributed by atoms with Crippen molar-refractivity contribution in [1.29, 1.82) is 0 Å². The second kappa shape index (κ2) is 5.75. The van der Waals surface area contributed by atoms with Crippen LogP contribution in [0.1, 0.15) is 42.9 Å². The van der Waals surface area contributed by atoms with Crippen LogP contribution in [0.15, 0.2) is 10.5 Å². The maximum Gasteiger partial charge on any atom is 0.332 e. The Hall–Kier alpha value is -1.33. The molecular weight excluding hydrogens is 246 g/mol. The highest BCUT2D eigenvalue weighted by molar-refractivity contribution is 5.72. The summed E-state index contributed by atoms with van der Waals surface area (Å²) in [6.07, 6.45) is 0.733. The van der Waals surface area contributed by atoms with Crippen molar-refractivity contribution in [3.8, 4) is 0 Å². The lowest BCUT2D eigenvalue weighted by Crippen LogP contribution is -2.30. The average Bonchev–Trinajstić information content (AvgIpc) is 2.93. The first kappa shape index (κ1) is 14.1. The molecule has 2 N–H and O–H groups in total. The van der Waals surface area contributed by atoms with E-state index in [1.165, 1.54) is 0 Å². The zero-order chi connectivity index (χ0) is 14.0. The number of aryl methyl sites for hydroxylation is 2. The molecule has 0 amide bonds. The SMILES string of the molecule is Cc1cc(C(C)NCC2CCC(C(=O)O)O2)c(C)o1. The van der Waals surface area contributed by atoms with Crippen LogP contribution in [0.5, 0.6) is 0 Å². The highest BCUT2D eigenvalue weighted by Gasteiger charge is 2.30. The fraction of sp³-hybridized carbons (Fsp3) is 0.643. The lowest BCUT2D eigenvalue weighted by atomic mass is 10.1.